The molecule has 0 fully saturated rings. The topological polar surface area (TPSA) is 49.4 Å². The van der Waals surface area contributed by atoms with E-state index in [-0.39, 0.29) is 17.6 Å². The van der Waals surface area contributed by atoms with Gasteiger partial charge in [-0.2, -0.15) is 0 Å². The second-order valence-corrected chi connectivity index (χ2v) is 4.91. The van der Waals surface area contributed by atoms with Crippen LogP contribution < -0.4 is 5.32 Å². The number of carbonyl (C=O) groups is 2. The molecule has 2 aromatic rings. The Morgan fingerprint density at radius 1 is 1.00 bits per heavy atom. The zero-order valence-electron chi connectivity index (χ0n) is 11.4. The fourth-order valence-electron chi connectivity index (χ4n) is 2.28. The SMILES string of the molecule is CN1C(=O)c2ccc(NCc3ccc(F)cc3)cc2C1=O. The number of halogens is 1. The van der Waals surface area contributed by atoms with Crippen LogP contribution in [-0.2, 0) is 6.54 Å². The Morgan fingerprint density at radius 2 is 1.67 bits per heavy atom. The lowest BCUT2D eigenvalue weighted by atomic mass is 10.1. The first-order chi connectivity index (χ1) is 10.1. The van der Waals surface area contributed by atoms with E-state index in [1.54, 1.807) is 30.3 Å². The molecule has 3 rings (SSSR count). The number of carbonyl (C=O) groups excluding carboxylic acids is 2. The lowest BCUT2D eigenvalue weighted by Crippen LogP contribution is -2.24. The maximum Gasteiger partial charge on any atom is 0.261 e. The smallest absolute Gasteiger partial charge is 0.261 e. The van der Waals surface area contributed by atoms with Gasteiger partial charge in [0.1, 0.15) is 5.82 Å². The van der Waals surface area contributed by atoms with Crippen molar-refractivity contribution in [1.82, 2.24) is 4.90 Å². The molecule has 0 radical (unpaired) electrons. The van der Waals surface area contributed by atoms with Gasteiger partial charge >= 0.3 is 0 Å². The highest BCUT2D eigenvalue weighted by Crippen LogP contribution is 2.25. The van der Waals surface area contributed by atoms with Crippen LogP contribution in [0, 0.1) is 5.82 Å². The number of amides is 2. The van der Waals surface area contributed by atoms with Crippen LogP contribution in [0.25, 0.3) is 0 Å². The average molecular weight is 284 g/mol. The van der Waals surface area contributed by atoms with Crippen molar-refractivity contribution in [3.63, 3.8) is 0 Å². The van der Waals surface area contributed by atoms with Crippen LogP contribution in [0.3, 0.4) is 0 Å². The Kier molecular flexibility index (Phi) is 3.17. The summed E-state index contributed by atoms with van der Waals surface area (Å²) in [6.07, 6.45) is 0. The van der Waals surface area contributed by atoms with Gasteiger partial charge in [-0.3, -0.25) is 14.5 Å². The normalized spacial score (nSPS) is 13.5. The Balaban J connectivity index is 1.78. The zero-order valence-corrected chi connectivity index (χ0v) is 11.4. The second kappa shape index (κ2) is 5.01. The summed E-state index contributed by atoms with van der Waals surface area (Å²) in [5, 5.41) is 3.16. The first-order valence-electron chi connectivity index (χ1n) is 6.51. The minimum atomic E-state index is -0.291. The number of anilines is 1. The molecular weight excluding hydrogens is 271 g/mol. The Bertz CT molecular complexity index is 726. The van der Waals surface area contributed by atoms with Crippen molar-refractivity contribution in [2.24, 2.45) is 0 Å². The van der Waals surface area contributed by atoms with E-state index in [4.69, 9.17) is 0 Å². The van der Waals surface area contributed by atoms with Gasteiger partial charge in [-0.05, 0) is 35.9 Å². The number of fused-ring (bicyclic) bond motifs is 1. The maximum absolute atomic E-state index is 12.8. The van der Waals surface area contributed by atoms with Crippen molar-refractivity contribution in [3.05, 3.63) is 65.0 Å². The molecule has 0 saturated carbocycles. The summed E-state index contributed by atoms with van der Waals surface area (Å²) in [7, 11) is 1.47. The lowest BCUT2D eigenvalue weighted by Gasteiger charge is -2.07. The third-order valence-corrected chi connectivity index (χ3v) is 3.50. The summed E-state index contributed by atoms with van der Waals surface area (Å²) in [5.74, 6) is -0.844. The molecule has 1 aliphatic rings. The molecule has 0 bridgehead atoms. The van der Waals surface area contributed by atoms with Crippen LogP contribution in [0.2, 0.25) is 0 Å². The van der Waals surface area contributed by atoms with Crippen molar-refractivity contribution in [2.75, 3.05) is 12.4 Å². The van der Waals surface area contributed by atoms with Gasteiger partial charge in [0, 0.05) is 19.3 Å². The maximum atomic E-state index is 12.8. The van der Waals surface area contributed by atoms with Crippen LogP contribution in [0.4, 0.5) is 10.1 Å². The highest BCUT2D eigenvalue weighted by molar-refractivity contribution is 6.21. The van der Waals surface area contributed by atoms with E-state index in [9.17, 15) is 14.0 Å². The summed E-state index contributed by atoms with van der Waals surface area (Å²) < 4.78 is 12.8. The summed E-state index contributed by atoms with van der Waals surface area (Å²) in [6.45, 7) is 0.511. The Morgan fingerprint density at radius 3 is 2.38 bits per heavy atom. The van der Waals surface area contributed by atoms with Gasteiger partial charge in [0.15, 0.2) is 0 Å². The number of hydrogen-bond donors (Lipinski definition) is 1. The highest BCUT2D eigenvalue weighted by atomic mass is 19.1. The van der Waals surface area contributed by atoms with E-state index in [1.807, 2.05) is 0 Å². The summed E-state index contributed by atoms with van der Waals surface area (Å²) >= 11 is 0. The average Bonchev–Trinajstić information content (AvgIpc) is 2.71. The zero-order chi connectivity index (χ0) is 15.0. The molecule has 2 aromatic carbocycles. The van der Waals surface area contributed by atoms with Gasteiger partial charge in [-0.25, -0.2) is 4.39 Å². The Hall–Kier alpha value is -2.69. The molecule has 0 spiro atoms. The number of imide groups is 1. The van der Waals surface area contributed by atoms with Crippen molar-refractivity contribution >= 4 is 17.5 Å². The second-order valence-electron chi connectivity index (χ2n) is 4.91. The molecule has 1 aliphatic heterocycles. The number of rotatable bonds is 3. The molecule has 5 heteroatoms. The van der Waals surface area contributed by atoms with E-state index in [2.05, 4.69) is 5.32 Å². The lowest BCUT2D eigenvalue weighted by molar-refractivity contribution is 0.0693. The molecule has 0 unspecified atom stereocenters. The standard InChI is InChI=1S/C16H13FN2O2/c1-19-15(20)13-7-6-12(8-14(13)16(19)21)18-9-10-2-4-11(17)5-3-10/h2-8,18H,9H2,1H3. The molecule has 0 aliphatic carbocycles. The first kappa shape index (κ1) is 13.3. The van der Waals surface area contributed by atoms with E-state index in [1.165, 1.54) is 19.2 Å². The van der Waals surface area contributed by atoms with E-state index in [0.29, 0.717) is 17.7 Å². The van der Waals surface area contributed by atoms with Crippen molar-refractivity contribution in [3.8, 4) is 0 Å². The third kappa shape index (κ3) is 2.38. The van der Waals surface area contributed by atoms with Gasteiger partial charge < -0.3 is 5.32 Å². The quantitative estimate of drug-likeness (QED) is 0.882. The van der Waals surface area contributed by atoms with Crippen LogP contribution >= 0.6 is 0 Å². The van der Waals surface area contributed by atoms with E-state index >= 15 is 0 Å². The number of benzene rings is 2. The molecule has 0 aromatic heterocycles. The minimum absolute atomic E-state index is 0.275. The largest absolute Gasteiger partial charge is 0.381 e. The summed E-state index contributed by atoms with van der Waals surface area (Å²) in [4.78, 5) is 24.8. The van der Waals surface area contributed by atoms with Crippen LogP contribution in [0.15, 0.2) is 42.5 Å². The molecule has 1 heterocycles. The fourth-order valence-corrected chi connectivity index (χ4v) is 2.28. The van der Waals surface area contributed by atoms with Crippen molar-refractivity contribution in [1.29, 1.82) is 0 Å². The molecule has 1 N–H and O–H groups in total. The predicted molar refractivity (Wildman–Crippen MR) is 76.6 cm³/mol. The molecule has 106 valence electrons. The van der Waals surface area contributed by atoms with Gasteiger partial charge in [-0.15, -0.1) is 0 Å². The van der Waals surface area contributed by atoms with E-state index < -0.39 is 0 Å². The molecule has 0 saturated heterocycles. The summed E-state index contributed by atoms with van der Waals surface area (Å²) in [6, 6.07) is 11.3. The van der Waals surface area contributed by atoms with Gasteiger partial charge in [0.05, 0.1) is 11.1 Å². The molecule has 0 atom stereocenters. The van der Waals surface area contributed by atoms with Gasteiger partial charge in [0.2, 0.25) is 0 Å². The van der Waals surface area contributed by atoms with Crippen molar-refractivity contribution < 1.29 is 14.0 Å². The van der Waals surface area contributed by atoms with Crippen LogP contribution in [0.5, 0.6) is 0 Å². The molecule has 4 nitrogen and oxygen atoms in total. The molecular formula is C16H13FN2O2. The number of nitrogens with zero attached hydrogens (tertiary/aromatic N) is 1. The Labute approximate surface area is 121 Å². The van der Waals surface area contributed by atoms with E-state index in [0.717, 1.165) is 16.2 Å². The monoisotopic (exact) mass is 284 g/mol. The first-order valence-corrected chi connectivity index (χ1v) is 6.51. The van der Waals surface area contributed by atoms with Crippen LogP contribution in [0.1, 0.15) is 26.3 Å². The number of hydrogen-bond acceptors (Lipinski definition) is 3. The molecule has 2 amide bonds. The summed E-state index contributed by atoms with van der Waals surface area (Å²) in [5.41, 5.74) is 2.51. The van der Waals surface area contributed by atoms with Crippen LogP contribution in [-0.4, -0.2) is 23.8 Å². The predicted octanol–water partition coefficient (Wildman–Crippen LogP) is 2.66. The fraction of sp³-hybridized carbons (Fsp3) is 0.125. The van der Waals surface area contributed by atoms with Crippen molar-refractivity contribution in [2.45, 2.75) is 6.54 Å². The van der Waals surface area contributed by atoms with Gasteiger partial charge in [0.25, 0.3) is 11.8 Å². The number of nitrogens with one attached hydrogen (secondary N) is 1. The van der Waals surface area contributed by atoms with Gasteiger partial charge in [-0.1, -0.05) is 12.1 Å². The minimum Gasteiger partial charge on any atom is -0.381 e. The molecule has 21 heavy (non-hydrogen) atoms. The third-order valence-electron chi connectivity index (χ3n) is 3.50. The highest BCUT2D eigenvalue weighted by Gasteiger charge is 2.32.